The molecule has 0 aliphatic carbocycles. The number of carbonyl (C=O) groups is 3. The molecule has 1 aliphatic heterocycles. The van der Waals surface area contributed by atoms with E-state index in [4.69, 9.17) is 10.2 Å². The molecule has 16 heavy (non-hydrogen) atoms. The van der Waals surface area contributed by atoms with Crippen LogP contribution in [0.5, 0.6) is 0 Å². The predicted octanol–water partition coefficient (Wildman–Crippen LogP) is -1.78. The summed E-state index contributed by atoms with van der Waals surface area (Å²) in [5.41, 5.74) is 0. The topological polar surface area (TPSA) is 116 Å². The molecule has 2 atom stereocenters. The molecule has 7 heteroatoms. The zero-order valence-corrected chi connectivity index (χ0v) is 8.60. The molecular weight excluding hydrogens is 216 g/mol. The standard InChI is InChI=1S/C9H14N2O5/c12-6(9(15)16)3-4-10-8(14)5-1-2-7(13)11-5/h5-6,12H,1-4H2,(H,10,14)(H,11,13)(H,15,16). The Morgan fingerprint density at radius 3 is 2.75 bits per heavy atom. The molecule has 2 unspecified atom stereocenters. The summed E-state index contributed by atoms with van der Waals surface area (Å²) >= 11 is 0. The number of hydrogen-bond donors (Lipinski definition) is 4. The minimum absolute atomic E-state index is 0.0538. The van der Waals surface area contributed by atoms with E-state index in [1.54, 1.807) is 0 Å². The second-order valence-electron chi connectivity index (χ2n) is 3.59. The highest BCUT2D eigenvalue weighted by molar-refractivity contribution is 5.90. The van der Waals surface area contributed by atoms with E-state index in [0.29, 0.717) is 12.8 Å². The van der Waals surface area contributed by atoms with Crippen molar-refractivity contribution in [3.63, 3.8) is 0 Å². The van der Waals surface area contributed by atoms with Gasteiger partial charge in [0.25, 0.3) is 0 Å². The molecule has 0 spiro atoms. The zero-order valence-electron chi connectivity index (χ0n) is 8.60. The largest absolute Gasteiger partial charge is 0.479 e. The lowest BCUT2D eigenvalue weighted by Crippen LogP contribution is -2.42. The lowest BCUT2D eigenvalue weighted by molar-refractivity contribution is -0.147. The number of aliphatic carboxylic acids is 1. The number of aliphatic hydroxyl groups is 1. The first-order chi connectivity index (χ1) is 7.50. The fourth-order valence-corrected chi connectivity index (χ4v) is 1.39. The number of amides is 2. The van der Waals surface area contributed by atoms with Crippen molar-refractivity contribution in [1.82, 2.24) is 10.6 Å². The van der Waals surface area contributed by atoms with Crippen molar-refractivity contribution in [2.24, 2.45) is 0 Å². The van der Waals surface area contributed by atoms with Gasteiger partial charge in [0.05, 0.1) is 0 Å². The molecule has 2 amide bonds. The van der Waals surface area contributed by atoms with E-state index in [9.17, 15) is 14.4 Å². The van der Waals surface area contributed by atoms with E-state index in [2.05, 4.69) is 10.6 Å². The summed E-state index contributed by atoms with van der Waals surface area (Å²) < 4.78 is 0. The number of hydrogen-bond acceptors (Lipinski definition) is 4. The molecule has 7 nitrogen and oxygen atoms in total. The van der Waals surface area contributed by atoms with E-state index < -0.39 is 18.1 Å². The van der Waals surface area contributed by atoms with Crippen LogP contribution in [0, 0.1) is 0 Å². The molecule has 4 N–H and O–H groups in total. The summed E-state index contributed by atoms with van der Waals surface area (Å²) in [7, 11) is 0. The molecule has 0 aromatic carbocycles. The van der Waals surface area contributed by atoms with Crippen LogP contribution in [0.15, 0.2) is 0 Å². The first-order valence-electron chi connectivity index (χ1n) is 4.98. The van der Waals surface area contributed by atoms with Crippen LogP contribution in [0.25, 0.3) is 0 Å². The zero-order chi connectivity index (χ0) is 12.1. The maximum absolute atomic E-state index is 11.4. The van der Waals surface area contributed by atoms with Gasteiger partial charge in [0.2, 0.25) is 11.8 Å². The minimum atomic E-state index is -1.47. The van der Waals surface area contributed by atoms with Gasteiger partial charge in [-0.2, -0.15) is 0 Å². The quantitative estimate of drug-likeness (QED) is 0.445. The van der Waals surface area contributed by atoms with E-state index in [0.717, 1.165) is 0 Å². The van der Waals surface area contributed by atoms with Crippen molar-refractivity contribution in [2.45, 2.75) is 31.4 Å². The normalized spacial score (nSPS) is 21.3. The van der Waals surface area contributed by atoms with Crippen molar-refractivity contribution in [3.8, 4) is 0 Å². The fourth-order valence-electron chi connectivity index (χ4n) is 1.39. The maximum Gasteiger partial charge on any atom is 0.332 e. The molecule has 1 aliphatic rings. The minimum Gasteiger partial charge on any atom is -0.479 e. The second-order valence-corrected chi connectivity index (χ2v) is 3.59. The van der Waals surface area contributed by atoms with Gasteiger partial charge in [-0.15, -0.1) is 0 Å². The molecule has 1 saturated heterocycles. The monoisotopic (exact) mass is 230 g/mol. The SMILES string of the molecule is O=C1CCC(C(=O)NCCC(O)C(=O)O)N1. The highest BCUT2D eigenvalue weighted by Crippen LogP contribution is 2.06. The third-order valence-electron chi connectivity index (χ3n) is 2.31. The Hall–Kier alpha value is -1.63. The lowest BCUT2D eigenvalue weighted by Gasteiger charge is -2.11. The van der Waals surface area contributed by atoms with Crippen LogP contribution in [0.3, 0.4) is 0 Å². The average Bonchev–Trinajstić information content (AvgIpc) is 2.64. The molecule has 0 aromatic heterocycles. The highest BCUT2D eigenvalue weighted by atomic mass is 16.4. The molecule has 1 fully saturated rings. The fraction of sp³-hybridized carbons (Fsp3) is 0.667. The molecule has 0 bridgehead atoms. The van der Waals surface area contributed by atoms with Crippen LogP contribution < -0.4 is 10.6 Å². The van der Waals surface area contributed by atoms with Crippen LogP contribution in [-0.2, 0) is 14.4 Å². The first kappa shape index (κ1) is 12.4. The van der Waals surface area contributed by atoms with Crippen LogP contribution >= 0.6 is 0 Å². The van der Waals surface area contributed by atoms with Gasteiger partial charge in [-0.05, 0) is 6.42 Å². The molecule has 0 radical (unpaired) electrons. The summed E-state index contributed by atoms with van der Waals surface area (Å²) in [6.45, 7) is 0.0681. The van der Waals surface area contributed by atoms with Gasteiger partial charge in [0.15, 0.2) is 6.10 Å². The number of carboxylic acid groups (broad SMARTS) is 1. The van der Waals surface area contributed by atoms with Crippen LogP contribution in [0.1, 0.15) is 19.3 Å². The first-order valence-corrected chi connectivity index (χ1v) is 4.98. The number of rotatable bonds is 5. The van der Waals surface area contributed by atoms with Crippen LogP contribution in [0.2, 0.25) is 0 Å². The van der Waals surface area contributed by atoms with Crippen molar-refractivity contribution in [2.75, 3.05) is 6.54 Å². The molecule has 90 valence electrons. The molecule has 0 aromatic rings. The average molecular weight is 230 g/mol. The summed E-state index contributed by atoms with van der Waals surface area (Å²) in [4.78, 5) is 32.5. The number of carboxylic acids is 1. The Labute approximate surface area is 91.8 Å². The Kier molecular flexibility index (Phi) is 4.24. The Morgan fingerprint density at radius 1 is 1.56 bits per heavy atom. The van der Waals surface area contributed by atoms with Gasteiger partial charge in [-0.1, -0.05) is 0 Å². The lowest BCUT2D eigenvalue weighted by atomic mass is 10.2. The van der Waals surface area contributed by atoms with Crippen molar-refractivity contribution in [1.29, 1.82) is 0 Å². The van der Waals surface area contributed by atoms with Gasteiger partial charge in [0.1, 0.15) is 6.04 Å². The Morgan fingerprint density at radius 2 is 2.25 bits per heavy atom. The second kappa shape index (κ2) is 5.45. The summed E-state index contributed by atoms with van der Waals surface area (Å²) in [5.74, 6) is -1.82. The maximum atomic E-state index is 11.4. The predicted molar refractivity (Wildman–Crippen MR) is 52.4 cm³/mol. The number of aliphatic hydroxyl groups excluding tert-OH is 1. The smallest absolute Gasteiger partial charge is 0.332 e. The third kappa shape index (κ3) is 3.50. The summed E-state index contributed by atoms with van der Waals surface area (Å²) in [5, 5.41) is 22.2. The van der Waals surface area contributed by atoms with Crippen LogP contribution in [-0.4, -0.2) is 46.7 Å². The molecular formula is C9H14N2O5. The number of carbonyl (C=O) groups excluding carboxylic acids is 2. The summed E-state index contributed by atoms with van der Waals surface area (Å²) in [6, 6.07) is -0.533. The van der Waals surface area contributed by atoms with Crippen molar-refractivity contribution >= 4 is 17.8 Å². The number of nitrogens with one attached hydrogen (secondary N) is 2. The summed E-state index contributed by atoms with van der Waals surface area (Å²) in [6.07, 6.45) is -0.748. The van der Waals surface area contributed by atoms with Crippen molar-refractivity contribution < 1.29 is 24.6 Å². The van der Waals surface area contributed by atoms with Gasteiger partial charge in [0, 0.05) is 19.4 Å². The molecule has 1 rings (SSSR count). The van der Waals surface area contributed by atoms with Gasteiger partial charge >= 0.3 is 5.97 Å². The van der Waals surface area contributed by atoms with E-state index in [-0.39, 0.29) is 24.8 Å². The molecule has 1 heterocycles. The Balaban J connectivity index is 2.20. The van der Waals surface area contributed by atoms with Gasteiger partial charge in [-0.25, -0.2) is 4.79 Å². The third-order valence-corrected chi connectivity index (χ3v) is 2.31. The van der Waals surface area contributed by atoms with Gasteiger partial charge < -0.3 is 20.8 Å². The van der Waals surface area contributed by atoms with Crippen molar-refractivity contribution in [3.05, 3.63) is 0 Å². The van der Waals surface area contributed by atoms with E-state index in [1.807, 2.05) is 0 Å². The Bertz CT molecular complexity index is 304. The highest BCUT2D eigenvalue weighted by Gasteiger charge is 2.26. The van der Waals surface area contributed by atoms with Gasteiger partial charge in [-0.3, -0.25) is 9.59 Å². The van der Waals surface area contributed by atoms with E-state index in [1.165, 1.54) is 0 Å². The van der Waals surface area contributed by atoms with E-state index >= 15 is 0 Å². The van der Waals surface area contributed by atoms with Crippen LogP contribution in [0.4, 0.5) is 0 Å². The molecule has 0 saturated carbocycles.